The molecule has 2 rings (SSSR count). The fourth-order valence-electron chi connectivity index (χ4n) is 1.56. The molecular formula is C14H10Br2ClFO. The van der Waals surface area contributed by atoms with Crippen LogP contribution in [0.2, 0.25) is 5.02 Å². The minimum atomic E-state index is -0.317. The average Bonchev–Trinajstić information content (AvgIpc) is 2.41. The van der Waals surface area contributed by atoms with Crippen LogP contribution in [0, 0.1) is 5.82 Å². The summed E-state index contributed by atoms with van der Waals surface area (Å²) in [5.74, 6) is 0.374. The van der Waals surface area contributed by atoms with Gasteiger partial charge in [0.15, 0.2) is 0 Å². The summed E-state index contributed by atoms with van der Waals surface area (Å²) < 4.78 is 20.1. The van der Waals surface area contributed by atoms with Gasteiger partial charge in [-0.1, -0.05) is 43.5 Å². The zero-order valence-electron chi connectivity index (χ0n) is 9.80. The molecule has 2 aromatic rings. The van der Waals surface area contributed by atoms with Gasteiger partial charge in [-0.15, -0.1) is 0 Å². The lowest BCUT2D eigenvalue weighted by Crippen LogP contribution is -1.99. The predicted octanol–water partition coefficient (Wildman–Crippen LogP) is 5.72. The maximum Gasteiger partial charge on any atom is 0.129 e. The molecule has 1 nitrogen and oxygen atoms in total. The van der Waals surface area contributed by atoms with Crippen molar-refractivity contribution >= 4 is 43.5 Å². The Kier molecular flexibility index (Phi) is 5.25. The average molecular weight is 408 g/mol. The number of hydrogen-bond acceptors (Lipinski definition) is 1. The standard InChI is InChI=1S/C14H10Br2ClFO/c15-7-9-6-12(2-3-13(9)16)19-8-10-5-11(17)1-4-14(10)18/h1-6H,7-8H2. The number of rotatable bonds is 4. The Hall–Kier alpha value is -0.580. The van der Waals surface area contributed by atoms with Crippen LogP contribution >= 0.6 is 43.5 Å². The van der Waals surface area contributed by atoms with Gasteiger partial charge < -0.3 is 4.74 Å². The van der Waals surface area contributed by atoms with Crippen LogP contribution in [-0.4, -0.2) is 0 Å². The monoisotopic (exact) mass is 406 g/mol. The Labute approximate surface area is 133 Å². The van der Waals surface area contributed by atoms with Gasteiger partial charge in [-0.05, 0) is 42.0 Å². The van der Waals surface area contributed by atoms with Crippen molar-refractivity contribution in [2.24, 2.45) is 0 Å². The minimum Gasteiger partial charge on any atom is -0.489 e. The summed E-state index contributed by atoms with van der Waals surface area (Å²) in [4.78, 5) is 0. The van der Waals surface area contributed by atoms with Crippen LogP contribution in [0.15, 0.2) is 40.9 Å². The highest BCUT2D eigenvalue weighted by atomic mass is 79.9. The summed E-state index contributed by atoms with van der Waals surface area (Å²) in [6.45, 7) is 0.149. The van der Waals surface area contributed by atoms with E-state index in [1.165, 1.54) is 12.1 Å². The van der Waals surface area contributed by atoms with E-state index >= 15 is 0 Å². The molecule has 0 amide bonds. The SMILES string of the molecule is Fc1ccc(Cl)cc1COc1ccc(Br)c(CBr)c1. The Bertz CT molecular complexity index is 590. The van der Waals surface area contributed by atoms with E-state index in [4.69, 9.17) is 16.3 Å². The smallest absolute Gasteiger partial charge is 0.129 e. The maximum atomic E-state index is 13.5. The van der Waals surface area contributed by atoms with Crippen molar-refractivity contribution in [3.8, 4) is 5.75 Å². The highest BCUT2D eigenvalue weighted by Gasteiger charge is 2.06. The third kappa shape index (κ3) is 3.94. The van der Waals surface area contributed by atoms with E-state index in [1.54, 1.807) is 6.07 Å². The zero-order valence-corrected chi connectivity index (χ0v) is 13.7. The molecule has 0 fully saturated rings. The lowest BCUT2D eigenvalue weighted by Gasteiger charge is -2.09. The predicted molar refractivity (Wildman–Crippen MR) is 82.5 cm³/mol. The molecule has 100 valence electrons. The Balaban J connectivity index is 2.12. The summed E-state index contributed by atoms with van der Waals surface area (Å²) >= 11 is 12.7. The highest BCUT2D eigenvalue weighted by molar-refractivity contribution is 9.10. The molecule has 0 aliphatic rings. The van der Waals surface area contributed by atoms with Crippen LogP contribution in [0.5, 0.6) is 5.75 Å². The lowest BCUT2D eigenvalue weighted by atomic mass is 10.2. The van der Waals surface area contributed by atoms with Crippen LogP contribution in [0.25, 0.3) is 0 Å². The normalized spacial score (nSPS) is 10.5. The van der Waals surface area contributed by atoms with Crippen molar-refractivity contribution in [3.63, 3.8) is 0 Å². The van der Waals surface area contributed by atoms with Gasteiger partial charge in [-0.25, -0.2) is 4.39 Å². The van der Waals surface area contributed by atoms with E-state index in [0.717, 1.165) is 15.4 Å². The summed E-state index contributed by atoms with van der Waals surface area (Å²) in [6, 6.07) is 10.1. The second kappa shape index (κ2) is 6.73. The Morgan fingerprint density at radius 2 is 1.89 bits per heavy atom. The first-order valence-electron chi connectivity index (χ1n) is 5.51. The first kappa shape index (κ1) is 14.8. The van der Waals surface area contributed by atoms with Crippen LogP contribution in [0.4, 0.5) is 4.39 Å². The van der Waals surface area contributed by atoms with Crippen LogP contribution in [0.1, 0.15) is 11.1 Å². The Morgan fingerprint density at radius 3 is 2.63 bits per heavy atom. The molecule has 0 N–H and O–H groups in total. The molecule has 0 spiro atoms. The molecule has 0 atom stereocenters. The summed E-state index contributed by atoms with van der Waals surface area (Å²) in [7, 11) is 0. The minimum absolute atomic E-state index is 0.149. The maximum absolute atomic E-state index is 13.5. The quantitative estimate of drug-likeness (QED) is 0.589. The molecule has 0 saturated heterocycles. The van der Waals surface area contributed by atoms with Gasteiger partial charge in [0.05, 0.1) is 0 Å². The van der Waals surface area contributed by atoms with Gasteiger partial charge in [-0.2, -0.15) is 0 Å². The summed E-state index contributed by atoms with van der Waals surface area (Å²) in [6.07, 6.45) is 0. The third-order valence-corrected chi connectivity index (χ3v) is 4.18. The number of ether oxygens (including phenoxy) is 1. The fourth-order valence-corrected chi connectivity index (χ4v) is 2.98. The summed E-state index contributed by atoms with van der Waals surface area (Å²) in [5, 5.41) is 1.22. The van der Waals surface area contributed by atoms with Gasteiger partial charge in [0.1, 0.15) is 18.2 Å². The van der Waals surface area contributed by atoms with Crippen molar-refractivity contribution in [3.05, 3.63) is 62.8 Å². The molecule has 19 heavy (non-hydrogen) atoms. The third-order valence-electron chi connectivity index (χ3n) is 2.56. The van der Waals surface area contributed by atoms with Crippen LogP contribution in [0.3, 0.4) is 0 Å². The van der Waals surface area contributed by atoms with E-state index in [9.17, 15) is 4.39 Å². The molecular weight excluding hydrogens is 398 g/mol. The molecule has 0 radical (unpaired) electrons. The number of halogens is 4. The highest BCUT2D eigenvalue weighted by Crippen LogP contribution is 2.25. The van der Waals surface area contributed by atoms with Gasteiger partial charge in [0.25, 0.3) is 0 Å². The first-order valence-corrected chi connectivity index (χ1v) is 7.80. The number of benzene rings is 2. The molecule has 0 heterocycles. The van der Waals surface area contributed by atoms with Gasteiger partial charge in [-0.3, -0.25) is 0 Å². The van der Waals surface area contributed by atoms with E-state index in [-0.39, 0.29) is 12.4 Å². The van der Waals surface area contributed by atoms with Crippen LogP contribution < -0.4 is 4.74 Å². The Morgan fingerprint density at radius 1 is 1.11 bits per heavy atom. The molecule has 0 aromatic heterocycles. The number of hydrogen-bond donors (Lipinski definition) is 0. The first-order chi connectivity index (χ1) is 9.10. The van der Waals surface area contributed by atoms with Crippen molar-refractivity contribution in [1.29, 1.82) is 0 Å². The molecule has 0 aliphatic heterocycles. The van der Waals surface area contributed by atoms with Gasteiger partial charge in [0, 0.05) is 20.4 Å². The molecule has 5 heteroatoms. The van der Waals surface area contributed by atoms with Gasteiger partial charge in [0.2, 0.25) is 0 Å². The van der Waals surface area contributed by atoms with Crippen molar-refractivity contribution < 1.29 is 9.13 Å². The molecule has 0 bridgehead atoms. The van der Waals surface area contributed by atoms with Crippen LogP contribution in [-0.2, 0) is 11.9 Å². The van der Waals surface area contributed by atoms with Crippen molar-refractivity contribution in [2.45, 2.75) is 11.9 Å². The van der Waals surface area contributed by atoms with Crippen molar-refractivity contribution in [1.82, 2.24) is 0 Å². The van der Waals surface area contributed by atoms with E-state index in [2.05, 4.69) is 31.9 Å². The lowest BCUT2D eigenvalue weighted by molar-refractivity contribution is 0.299. The molecule has 0 unspecified atom stereocenters. The second-order valence-electron chi connectivity index (χ2n) is 3.91. The summed E-state index contributed by atoms with van der Waals surface area (Å²) in [5.41, 5.74) is 1.51. The van der Waals surface area contributed by atoms with E-state index < -0.39 is 0 Å². The molecule has 0 saturated carbocycles. The molecule has 2 aromatic carbocycles. The fraction of sp³-hybridized carbons (Fsp3) is 0.143. The van der Waals surface area contributed by atoms with Gasteiger partial charge >= 0.3 is 0 Å². The van der Waals surface area contributed by atoms with E-state index in [0.29, 0.717) is 16.3 Å². The zero-order chi connectivity index (χ0) is 13.8. The van der Waals surface area contributed by atoms with E-state index in [1.807, 2.05) is 18.2 Å². The number of alkyl halides is 1. The molecule has 0 aliphatic carbocycles. The largest absolute Gasteiger partial charge is 0.489 e. The van der Waals surface area contributed by atoms with Crippen molar-refractivity contribution in [2.75, 3.05) is 0 Å². The second-order valence-corrected chi connectivity index (χ2v) is 5.76. The topological polar surface area (TPSA) is 9.23 Å².